The van der Waals surface area contributed by atoms with Gasteiger partial charge in [-0.1, -0.05) is 96.5 Å². The summed E-state index contributed by atoms with van der Waals surface area (Å²) in [6.45, 7) is 1.81. The summed E-state index contributed by atoms with van der Waals surface area (Å²) in [5, 5.41) is 3.21. The van der Waals surface area contributed by atoms with E-state index in [9.17, 15) is 9.59 Å². The summed E-state index contributed by atoms with van der Waals surface area (Å²) < 4.78 is 2.16. The molecule has 1 N–H and O–H groups in total. The highest BCUT2D eigenvalue weighted by atomic mass is 35.5. The third kappa shape index (κ3) is 4.88. The van der Waals surface area contributed by atoms with E-state index in [0.29, 0.717) is 21.8 Å². The highest BCUT2D eigenvalue weighted by Gasteiger charge is 2.36. The fourth-order valence-electron chi connectivity index (χ4n) is 5.07. The maximum atomic E-state index is 14.0. The van der Waals surface area contributed by atoms with Crippen molar-refractivity contribution in [3.63, 3.8) is 0 Å². The van der Waals surface area contributed by atoms with E-state index >= 15 is 0 Å². The van der Waals surface area contributed by atoms with E-state index in [-0.39, 0.29) is 10.7 Å². The number of carbonyl (C=O) groups is 2. The molecule has 0 bridgehead atoms. The van der Waals surface area contributed by atoms with Crippen LogP contribution in [-0.4, -0.2) is 21.5 Å². The van der Waals surface area contributed by atoms with E-state index in [2.05, 4.69) is 9.88 Å². The lowest BCUT2D eigenvalue weighted by molar-refractivity contribution is -0.122. The first-order valence-corrected chi connectivity index (χ1v) is 13.8. The molecule has 2 heterocycles. The van der Waals surface area contributed by atoms with E-state index in [1.165, 1.54) is 4.90 Å². The molecule has 0 saturated carbocycles. The number of nitrogens with one attached hydrogen (secondary N) is 1. The minimum absolute atomic E-state index is 0.0117. The Morgan fingerprint density at radius 3 is 2.05 bits per heavy atom. The van der Waals surface area contributed by atoms with Crippen molar-refractivity contribution in [3.8, 4) is 28.2 Å². The van der Waals surface area contributed by atoms with Crippen LogP contribution < -0.4 is 10.2 Å². The van der Waals surface area contributed by atoms with Gasteiger partial charge in [0.05, 0.1) is 17.1 Å². The molecule has 0 unspecified atom stereocenters. The minimum atomic E-state index is -0.552. The Kier molecular flexibility index (Phi) is 7.10. The van der Waals surface area contributed by atoms with Crippen LogP contribution in [0.5, 0.6) is 0 Å². The molecule has 0 spiro atoms. The van der Waals surface area contributed by atoms with Gasteiger partial charge in [0.1, 0.15) is 5.57 Å². The number of amides is 2. The van der Waals surface area contributed by atoms with Crippen molar-refractivity contribution in [1.29, 1.82) is 0 Å². The summed E-state index contributed by atoms with van der Waals surface area (Å²) in [4.78, 5) is 28.6. The molecule has 0 atom stereocenters. The molecular formula is C34H24ClN3O2S. The van der Waals surface area contributed by atoms with Crippen LogP contribution in [0.2, 0.25) is 5.02 Å². The summed E-state index contributed by atoms with van der Waals surface area (Å²) in [6, 6.07) is 37.3. The van der Waals surface area contributed by atoms with Gasteiger partial charge < -0.3 is 4.57 Å². The lowest BCUT2D eigenvalue weighted by atomic mass is 10.0. The first-order valence-electron chi connectivity index (χ1n) is 13.0. The van der Waals surface area contributed by atoms with Gasteiger partial charge in [-0.25, -0.2) is 0 Å². The van der Waals surface area contributed by atoms with Crippen LogP contribution in [0, 0.1) is 6.92 Å². The van der Waals surface area contributed by atoms with Crippen molar-refractivity contribution in [1.82, 2.24) is 9.88 Å². The quantitative estimate of drug-likeness (QED) is 0.134. The smallest absolute Gasteiger partial charge is 0.270 e. The van der Waals surface area contributed by atoms with Gasteiger partial charge in [-0.2, -0.15) is 0 Å². The second kappa shape index (κ2) is 11.0. The van der Waals surface area contributed by atoms with Crippen molar-refractivity contribution in [3.05, 3.63) is 137 Å². The number of hydrogen-bond donors (Lipinski definition) is 1. The number of hydrogen-bond acceptors (Lipinski definition) is 3. The summed E-state index contributed by atoms with van der Waals surface area (Å²) in [7, 11) is 0. The van der Waals surface area contributed by atoms with E-state index < -0.39 is 11.8 Å². The highest BCUT2D eigenvalue weighted by molar-refractivity contribution is 7.80. The standard InChI is InChI=1S/C34H24ClN3O2S/c1-22-28(35)18-11-19-29(22)38-33(40)27(32(39)36-34(38)41)20-25-21-30(23-12-5-2-6-13-23)37(26-16-9-4-10-17-26)31(25)24-14-7-3-8-15-24/h2-21H,1H3,(H,36,39,41)/b27-20-. The number of nitrogens with zero attached hydrogens (tertiary/aromatic N) is 2. The molecule has 1 saturated heterocycles. The van der Waals surface area contributed by atoms with Crippen LogP contribution in [0.4, 0.5) is 5.69 Å². The first-order chi connectivity index (χ1) is 19.9. The molecular weight excluding hydrogens is 550 g/mol. The van der Waals surface area contributed by atoms with Crippen molar-refractivity contribution in [2.45, 2.75) is 6.92 Å². The number of anilines is 1. The van der Waals surface area contributed by atoms with Gasteiger partial charge in [-0.05, 0) is 72.2 Å². The zero-order chi connectivity index (χ0) is 28.5. The number of benzene rings is 4. The van der Waals surface area contributed by atoms with E-state index in [1.54, 1.807) is 24.3 Å². The van der Waals surface area contributed by atoms with Crippen LogP contribution in [0.1, 0.15) is 11.1 Å². The van der Waals surface area contributed by atoms with Gasteiger partial charge in [0.2, 0.25) is 0 Å². The van der Waals surface area contributed by atoms with Crippen molar-refractivity contribution in [2.24, 2.45) is 0 Å². The number of carbonyl (C=O) groups excluding carboxylic acids is 2. The predicted octanol–water partition coefficient (Wildman–Crippen LogP) is 7.60. The van der Waals surface area contributed by atoms with Gasteiger partial charge in [0.15, 0.2) is 5.11 Å². The maximum absolute atomic E-state index is 14.0. The van der Waals surface area contributed by atoms with Gasteiger partial charge in [-0.15, -0.1) is 0 Å². The SMILES string of the molecule is Cc1c(Cl)cccc1N1C(=O)/C(=C\c2cc(-c3ccccc3)n(-c3ccccc3)c2-c2ccccc2)C(=O)NC1=S. The van der Waals surface area contributed by atoms with Crippen LogP contribution >= 0.6 is 23.8 Å². The average molecular weight is 574 g/mol. The number of thiocarbonyl (C=S) groups is 1. The molecule has 5 aromatic rings. The summed E-state index contributed by atoms with van der Waals surface area (Å²) >= 11 is 11.8. The largest absolute Gasteiger partial charge is 0.309 e. The Bertz CT molecular complexity index is 1830. The normalized spacial score (nSPS) is 14.4. The highest BCUT2D eigenvalue weighted by Crippen LogP contribution is 2.38. The Labute approximate surface area is 248 Å². The molecule has 7 heteroatoms. The lowest BCUT2D eigenvalue weighted by Crippen LogP contribution is -2.54. The molecule has 2 amide bonds. The van der Waals surface area contributed by atoms with E-state index in [1.807, 2.05) is 104 Å². The molecule has 1 fully saturated rings. The molecule has 1 aliphatic heterocycles. The molecule has 4 aromatic carbocycles. The molecule has 41 heavy (non-hydrogen) atoms. The van der Waals surface area contributed by atoms with Gasteiger partial charge >= 0.3 is 0 Å². The van der Waals surface area contributed by atoms with Gasteiger partial charge in [0, 0.05) is 16.3 Å². The summed E-state index contributed by atoms with van der Waals surface area (Å²) in [5.41, 5.74) is 6.55. The second-order valence-corrected chi connectivity index (χ2v) is 10.4. The average Bonchev–Trinajstić information content (AvgIpc) is 3.38. The van der Waals surface area contributed by atoms with E-state index in [0.717, 1.165) is 28.2 Å². The van der Waals surface area contributed by atoms with Crippen LogP contribution in [0.3, 0.4) is 0 Å². The number of halogens is 1. The summed E-state index contributed by atoms with van der Waals surface area (Å²) in [5.74, 6) is -1.07. The Hall–Kier alpha value is -4.78. The molecule has 0 aliphatic carbocycles. The first kappa shape index (κ1) is 26.4. The fraction of sp³-hybridized carbons (Fsp3) is 0.0294. The Morgan fingerprint density at radius 1 is 0.780 bits per heavy atom. The molecule has 200 valence electrons. The third-order valence-corrected chi connectivity index (χ3v) is 7.74. The summed E-state index contributed by atoms with van der Waals surface area (Å²) in [6.07, 6.45) is 1.65. The molecule has 6 rings (SSSR count). The van der Waals surface area contributed by atoms with Gasteiger partial charge in [-0.3, -0.25) is 19.8 Å². The molecule has 5 nitrogen and oxygen atoms in total. The number of aromatic nitrogens is 1. The topological polar surface area (TPSA) is 54.3 Å². The van der Waals surface area contributed by atoms with Gasteiger partial charge in [0.25, 0.3) is 11.8 Å². The van der Waals surface area contributed by atoms with E-state index in [4.69, 9.17) is 23.8 Å². The van der Waals surface area contributed by atoms with Crippen molar-refractivity contribution in [2.75, 3.05) is 4.90 Å². The van der Waals surface area contributed by atoms with Crippen molar-refractivity contribution < 1.29 is 9.59 Å². The number of rotatable bonds is 5. The van der Waals surface area contributed by atoms with Crippen molar-refractivity contribution >= 4 is 52.5 Å². The van der Waals surface area contributed by atoms with Crippen LogP contribution in [0.15, 0.2) is 121 Å². The molecule has 1 aliphatic rings. The molecule has 1 aromatic heterocycles. The Balaban J connectivity index is 1.60. The zero-order valence-electron chi connectivity index (χ0n) is 22.0. The Morgan fingerprint density at radius 2 is 1.39 bits per heavy atom. The number of para-hydroxylation sites is 1. The predicted molar refractivity (Wildman–Crippen MR) is 169 cm³/mol. The lowest BCUT2D eigenvalue weighted by Gasteiger charge is -2.30. The fourth-order valence-corrected chi connectivity index (χ4v) is 5.51. The maximum Gasteiger partial charge on any atom is 0.270 e. The minimum Gasteiger partial charge on any atom is -0.309 e. The van der Waals surface area contributed by atoms with Crippen LogP contribution in [0.25, 0.3) is 34.3 Å². The monoisotopic (exact) mass is 573 g/mol. The second-order valence-electron chi connectivity index (χ2n) is 9.58. The zero-order valence-corrected chi connectivity index (χ0v) is 23.6. The van der Waals surface area contributed by atoms with Crippen LogP contribution in [-0.2, 0) is 9.59 Å². The third-order valence-electron chi connectivity index (χ3n) is 7.04. The molecule has 0 radical (unpaired) electrons.